The van der Waals surface area contributed by atoms with Crippen LogP contribution in [0.5, 0.6) is 0 Å². The SMILES string of the molecule is CC(C)(C)OC(=O)N(Cc1ccc([N+](=O)[O-])cc1)[C@H]1CCC[C@@H](Nc2ncc(Cl)c(C3=CCc4ccccc43)n2)C1. The van der Waals surface area contributed by atoms with E-state index in [1.807, 2.05) is 32.9 Å². The normalized spacial score (nSPS) is 18.3. The van der Waals surface area contributed by atoms with Crippen molar-refractivity contribution in [2.45, 2.75) is 77.1 Å². The molecule has 2 aliphatic rings. The van der Waals surface area contributed by atoms with Crippen molar-refractivity contribution in [3.8, 4) is 0 Å². The highest BCUT2D eigenvalue weighted by molar-refractivity contribution is 6.32. The van der Waals surface area contributed by atoms with Crippen molar-refractivity contribution in [1.82, 2.24) is 14.9 Å². The van der Waals surface area contributed by atoms with Crippen molar-refractivity contribution in [2.75, 3.05) is 5.32 Å². The minimum absolute atomic E-state index is 0.0127. The van der Waals surface area contributed by atoms with Gasteiger partial charge in [-0.3, -0.25) is 10.1 Å². The highest BCUT2D eigenvalue weighted by Gasteiger charge is 2.33. The zero-order chi connectivity index (χ0) is 29.1. The van der Waals surface area contributed by atoms with Crippen LogP contribution in [0.1, 0.15) is 68.8 Å². The van der Waals surface area contributed by atoms with Gasteiger partial charge in [0.05, 0.1) is 21.8 Å². The molecule has 1 aromatic heterocycles. The summed E-state index contributed by atoms with van der Waals surface area (Å²) in [6.07, 6.45) is 7.53. The maximum absolute atomic E-state index is 13.4. The van der Waals surface area contributed by atoms with Crippen molar-refractivity contribution in [3.63, 3.8) is 0 Å². The lowest BCUT2D eigenvalue weighted by molar-refractivity contribution is -0.384. The number of anilines is 1. The Morgan fingerprint density at radius 2 is 1.93 bits per heavy atom. The van der Waals surface area contributed by atoms with Crippen LogP contribution in [0.2, 0.25) is 5.02 Å². The second-order valence-corrected chi connectivity index (χ2v) is 12.0. The quantitative estimate of drug-likeness (QED) is 0.234. The molecule has 10 heteroatoms. The maximum atomic E-state index is 13.4. The standard InChI is InChI=1S/C31H34ClN5O4/c1-31(2,3)41-30(38)36(19-20-11-14-23(15-12-20)37(39)40)24-9-6-8-22(17-24)34-29-33-18-27(32)28(35-29)26-16-13-21-7-4-5-10-25(21)26/h4-5,7,10-12,14-16,18,22,24H,6,8-9,13,17,19H2,1-3H3,(H,33,34,35)/t22-,24+/m1/s1. The van der Waals surface area contributed by atoms with Gasteiger partial charge in [0.25, 0.3) is 5.69 Å². The van der Waals surface area contributed by atoms with Gasteiger partial charge in [0.15, 0.2) is 0 Å². The monoisotopic (exact) mass is 575 g/mol. The summed E-state index contributed by atoms with van der Waals surface area (Å²) in [6.45, 7) is 5.81. The van der Waals surface area contributed by atoms with Crippen molar-refractivity contribution in [3.05, 3.63) is 98.3 Å². The highest BCUT2D eigenvalue weighted by atomic mass is 35.5. The Morgan fingerprint density at radius 3 is 2.66 bits per heavy atom. The number of hydrogen-bond acceptors (Lipinski definition) is 7. The Balaban J connectivity index is 1.33. The molecule has 1 fully saturated rings. The first kappa shape index (κ1) is 28.5. The first-order valence-electron chi connectivity index (χ1n) is 13.9. The zero-order valence-corrected chi connectivity index (χ0v) is 24.2. The van der Waals surface area contributed by atoms with E-state index in [-0.39, 0.29) is 17.8 Å². The number of halogens is 1. The number of amides is 1. The Labute approximate surface area is 244 Å². The molecule has 0 spiro atoms. The maximum Gasteiger partial charge on any atom is 0.410 e. The number of hydrogen-bond donors (Lipinski definition) is 1. The fourth-order valence-corrected chi connectivity index (χ4v) is 5.67. The smallest absolute Gasteiger partial charge is 0.410 e. The molecule has 0 radical (unpaired) electrons. The number of nitrogens with zero attached hydrogens (tertiary/aromatic N) is 4. The predicted octanol–water partition coefficient (Wildman–Crippen LogP) is 7.19. The van der Waals surface area contributed by atoms with E-state index >= 15 is 0 Å². The number of carbonyl (C=O) groups is 1. The summed E-state index contributed by atoms with van der Waals surface area (Å²) in [4.78, 5) is 35.0. The Morgan fingerprint density at radius 1 is 1.17 bits per heavy atom. The molecule has 2 atom stereocenters. The molecule has 3 aromatic rings. The number of benzene rings is 2. The van der Waals surface area contributed by atoms with Crippen molar-refractivity contribution >= 4 is 34.9 Å². The van der Waals surface area contributed by atoms with Gasteiger partial charge in [0.1, 0.15) is 5.60 Å². The number of nitrogens with one attached hydrogen (secondary N) is 1. The zero-order valence-electron chi connectivity index (χ0n) is 23.5. The topological polar surface area (TPSA) is 110 Å². The number of non-ortho nitro benzene ring substituents is 1. The predicted molar refractivity (Wildman–Crippen MR) is 159 cm³/mol. The highest BCUT2D eigenvalue weighted by Crippen LogP contribution is 2.35. The van der Waals surface area contributed by atoms with Crippen LogP contribution < -0.4 is 5.32 Å². The van der Waals surface area contributed by atoms with E-state index in [2.05, 4.69) is 28.5 Å². The van der Waals surface area contributed by atoms with E-state index < -0.39 is 16.6 Å². The lowest BCUT2D eigenvalue weighted by Crippen LogP contribution is -2.46. The van der Waals surface area contributed by atoms with Crippen LogP contribution in [0.3, 0.4) is 0 Å². The summed E-state index contributed by atoms with van der Waals surface area (Å²) in [5.74, 6) is 0.500. The minimum atomic E-state index is -0.655. The summed E-state index contributed by atoms with van der Waals surface area (Å²) >= 11 is 6.55. The molecule has 1 heterocycles. The minimum Gasteiger partial charge on any atom is -0.444 e. The van der Waals surface area contributed by atoms with Crippen molar-refractivity contribution < 1.29 is 14.5 Å². The van der Waals surface area contributed by atoms with Gasteiger partial charge in [-0.1, -0.05) is 54.1 Å². The number of nitro groups is 1. The molecule has 2 aliphatic carbocycles. The van der Waals surface area contributed by atoms with E-state index in [1.165, 1.54) is 17.7 Å². The second-order valence-electron chi connectivity index (χ2n) is 11.6. The van der Waals surface area contributed by atoms with E-state index in [1.54, 1.807) is 23.2 Å². The van der Waals surface area contributed by atoms with E-state index in [4.69, 9.17) is 21.3 Å². The number of nitro benzene ring substituents is 1. The third-order valence-corrected chi connectivity index (χ3v) is 7.66. The average Bonchev–Trinajstić information content (AvgIpc) is 3.36. The molecule has 0 aliphatic heterocycles. The first-order chi connectivity index (χ1) is 19.6. The van der Waals surface area contributed by atoms with Crippen molar-refractivity contribution in [2.24, 2.45) is 0 Å². The average molecular weight is 576 g/mol. The Bertz CT molecular complexity index is 1470. The van der Waals surface area contributed by atoms with Gasteiger partial charge < -0.3 is 15.0 Å². The number of rotatable bonds is 7. The number of ether oxygens (including phenoxy) is 1. The summed E-state index contributed by atoms with van der Waals surface area (Å²) in [7, 11) is 0. The summed E-state index contributed by atoms with van der Waals surface area (Å²) in [6, 6.07) is 14.5. The van der Waals surface area contributed by atoms with Gasteiger partial charge in [0.2, 0.25) is 5.95 Å². The molecule has 5 rings (SSSR count). The first-order valence-corrected chi connectivity index (χ1v) is 14.3. The Kier molecular flexibility index (Phi) is 8.26. The lowest BCUT2D eigenvalue weighted by Gasteiger charge is -2.38. The molecule has 9 nitrogen and oxygen atoms in total. The van der Waals surface area contributed by atoms with E-state index in [0.717, 1.165) is 42.4 Å². The van der Waals surface area contributed by atoms with E-state index in [0.29, 0.717) is 29.6 Å². The molecule has 214 valence electrons. The van der Waals surface area contributed by atoms with E-state index in [9.17, 15) is 14.9 Å². The molecule has 1 N–H and O–H groups in total. The third kappa shape index (κ3) is 6.85. The van der Waals surface area contributed by atoms with Gasteiger partial charge in [-0.05, 0) is 69.6 Å². The lowest BCUT2D eigenvalue weighted by atomic mass is 9.90. The van der Waals surface area contributed by atoms with Crippen molar-refractivity contribution in [1.29, 1.82) is 0 Å². The van der Waals surface area contributed by atoms with Crippen LogP contribution in [0.4, 0.5) is 16.4 Å². The van der Waals surface area contributed by atoms with Crippen LogP contribution in [0.25, 0.3) is 5.57 Å². The number of fused-ring (bicyclic) bond motifs is 1. The fraction of sp³-hybridized carbons (Fsp3) is 0.387. The molecule has 0 saturated heterocycles. The van der Waals surface area contributed by atoms with Gasteiger partial charge in [-0.25, -0.2) is 14.8 Å². The third-order valence-electron chi connectivity index (χ3n) is 7.38. The van der Waals surface area contributed by atoms with Gasteiger partial charge in [-0.2, -0.15) is 0 Å². The van der Waals surface area contributed by atoms with Crippen LogP contribution in [-0.4, -0.2) is 43.6 Å². The van der Waals surface area contributed by atoms with Crippen LogP contribution >= 0.6 is 11.6 Å². The van der Waals surface area contributed by atoms with Gasteiger partial charge in [0, 0.05) is 36.3 Å². The van der Waals surface area contributed by atoms with Crippen LogP contribution in [-0.2, 0) is 17.7 Å². The molecule has 41 heavy (non-hydrogen) atoms. The second kappa shape index (κ2) is 11.9. The summed E-state index contributed by atoms with van der Waals surface area (Å²) in [5.41, 5.74) is 4.25. The summed E-state index contributed by atoms with van der Waals surface area (Å²) < 4.78 is 5.77. The Hall–Kier alpha value is -3.98. The van der Waals surface area contributed by atoms with Gasteiger partial charge >= 0.3 is 6.09 Å². The number of carbonyl (C=O) groups excluding carboxylic acids is 1. The number of allylic oxidation sites excluding steroid dienone is 1. The molecular formula is C31H34ClN5O4. The fourth-order valence-electron chi connectivity index (χ4n) is 5.48. The molecule has 2 aromatic carbocycles. The molecule has 0 unspecified atom stereocenters. The van der Waals surface area contributed by atoms with Crippen LogP contribution in [0, 0.1) is 10.1 Å². The molecule has 1 amide bonds. The largest absolute Gasteiger partial charge is 0.444 e. The molecule has 0 bridgehead atoms. The molecule has 1 saturated carbocycles. The number of aromatic nitrogens is 2. The summed E-state index contributed by atoms with van der Waals surface area (Å²) in [5, 5.41) is 15.1. The van der Waals surface area contributed by atoms with Gasteiger partial charge in [-0.15, -0.1) is 0 Å². The van der Waals surface area contributed by atoms with Crippen LogP contribution in [0.15, 0.2) is 60.8 Å². The molecular weight excluding hydrogens is 542 g/mol.